The van der Waals surface area contributed by atoms with Gasteiger partial charge in [0.05, 0.1) is 11.3 Å². The number of nitrogens with one attached hydrogen (secondary N) is 1. The first-order valence-corrected chi connectivity index (χ1v) is 6.20. The molecule has 106 valence electrons. The Kier molecular flexibility index (Phi) is 3.97. The lowest BCUT2D eigenvalue weighted by Gasteiger charge is -2.07. The van der Waals surface area contributed by atoms with E-state index in [4.69, 9.17) is 0 Å². The molecule has 0 amide bonds. The first-order chi connectivity index (χ1) is 9.41. The van der Waals surface area contributed by atoms with Crippen molar-refractivity contribution >= 4 is 6.29 Å². The summed E-state index contributed by atoms with van der Waals surface area (Å²) < 4.78 is 37.3. The van der Waals surface area contributed by atoms with Gasteiger partial charge in [-0.3, -0.25) is 4.79 Å². The van der Waals surface area contributed by atoms with E-state index < -0.39 is 11.7 Å². The van der Waals surface area contributed by atoms with Gasteiger partial charge in [0, 0.05) is 6.20 Å². The van der Waals surface area contributed by atoms with E-state index in [1.165, 1.54) is 12.1 Å². The number of rotatable bonds is 4. The summed E-state index contributed by atoms with van der Waals surface area (Å²) in [6.07, 6.45) is -0.453. The molecular weight excluding hydrogens is 267 g/mol. The first-order valence-electron chi connectivity index (χ1n) is 6.20. The van der Waals surface area contributed by atoms with Crippen molar-refractivity contribution in [3.05, 3.63) is 58.4 Å². The maximum atomic E-state index is 12.4. The summed E-state index contributed by atoms with van der Waals surface area (Å²) in [5, 5.41) is 0. The molecular formula is C15H14F3NO. The second kappa shape index (κ2) is 5.53. The number of carbonyl (C=O) groups is 1. The van der Waals surface area contributed by atoms with Crippen molar-refractivity contribution in [2.75, 3.05) is 0 Å². The van der Waals surface area contributed by atoms with Crippen LogP contribution in [0, 0.1) is 6.92 Å². The van der Waals surface area contributed by atoms with Gasteiger partial charge < -0.3 is 4.98 Å². The van der Waals surface area contributed by atoms with Crippen LogP contribution in [0.15, 0.2) is 30.5 Å². The lowest BCUT2D eigenvalue weighted by Crippen LogP contribution is -2.04. The monoisotopic (exact) mass is 281 g/mol. The van der Waals surface area contributed by atoms with E-state index in [1.807, 2.05) is 6.92 Å². The molecule has 0 aliphatic carbocycles. The van der Waals surface area contributed by atoms with E-state index in [2.05, 4.69) is 4.98 Å². The highest BCUT2D eigenvalue weighted by Gasteiger charge is 2.29. The highest BCUT2D eigenvalue weighted by atomic mass is 19.4. The lowest BCUT2D eigenvalue weighted by atomic mass is 10.0. The molecule has 0 radical (unpaired) electrons. The van der Waals surface area contributed by atoms with Gasteiger partial charge in [0.2, 0.25) is 0 Å². The summed E-state index contributed by atoms with van der Waals surface area (Å²) in [5.41, 5.74) is 2.65. The Labute approximate surface area is 114 Å². The van der Waals surface area contributed by atoms with Crippen molar-refractivity contribution in [3.8, 4) is 0 Å². The van der Waals surface area contributed by atoms with Gasteiger partial charge in [0.1, 0.15) is 0 Å². The molecule has 0 unspecified atom stereocenters. The Hall–Kier alpha value is -2.04. The zero-order chi connectivity index (χ0) is 14.8. The number of aryl methyl sites for hydroxylation is 2. The Morgan fingerprint density at radius 3 is 2.30 bits per heavy atom. The van der Waals surface area contributed by atoms with Crippen LogP contribution < -0.4 is 0 Å². The van der Waals surface area contributed by atoms with E-state index in [-0.39, 0.29) is 0 Å². The molecule has 1 N–H and O–H groups in total. The molecule has 0 bridgehead atoms. The van der Waals surface area contributed by atoms with Gasteiger partial charge in [-0.2, -0.15) is 13.2 Å². The summed E-state index contributed by atoms with van der Waals surface area (Å²) in [6.45, 7) is 1.85. The Bertz CT molecular complexity index is 597. The predicted molar refractivity (Wildman–Crippen MR) is 69.8 cm³/mol. The number of alkyl halides is 3. The molecule has 2 aromatic rings. The van der Waals surface area contributed by atoms with E-state index in [0.717, 1.165) is 35.1 Å². The van der Waals surface area contributed by atoms with Crippen molar-refractivity contribution in [1.29, 1.82) is 0 Å². The van der Waals surface area contributed by atoms with Crippen molar-refractivity contribution in [2.24, 2.45) is 0 Å². The standard InChI is InChI=1S/C15H14F3NO/c1-10-12(8-19-14(10)9-20)5-2-11-3-6-13(7-4-11)15(16,17)18/h3-4,6-9,19H,2,5H2,1H3. The maximum absolute atomic E-state index is 12.4. The van der Waals surface area contributed by atoms with Gasteiger partial charge in [-0.1, -0.05) is 12.1 Å². The molecule has 0 aliphatic rings. The Morgan fingerprint density at radius 1 is 1.15 bits per heavy atom. The average Bonchev–Trinajstić information content (AvgIpc) is 2.76. The number of halogens is 3. The van der Waals surface area contributed by atoms with Crippen molar-refractivity contribution in [1.82, 2.24) is 4.98 Å². The fourth-order valence-electron chi connectivity index (χ4n) is 2.08. The minimum absolute atomic E-state index is 0.549. The zero-order valence-corrected chi connectivity index (χ0v) is 10.9. The molecule has 5 heteroatoms. The topological polar surface area (TPSA) is 32.9 Å². The van der Waals surface area contributed by atoms with Crippen molar-refractivity contribution < 1.29 is 18.0 Å². The zero-order valence-electron chi connectivity index (χ0n) is 10.9. The summed E-state index contributed by atoms with van der Waals surface area (Å²) in [6, 6.07) is 5.17. The molecule has 0 saturated carbocycles. The SMILES string of the molecule is Cc1c(CCc2ccc(C(F)(F)F)cc2)c[nH]c1C=O. The van der Waals surface area contributed by atoms with Crippen LogP contribution in [0.2, 0.25) is 0 Å². The fourth-order valence-corrected chi connectivity index (χ4v) is 2.08. The minimum atomic E-state index is -4.30. The van der Waals surface area contributed by atoms with Crippen LogP contribution in [0.25, 0.3) is 0 Å². The van der Waals surface area contributed by atoms with Crippen LogP contribution in [-0.4, -0.2) is 11.3 Å². The first kappa shape index (κ1) is 14.4. The number of hydrogen-bond donors (Lipinski definition) is 1. The van der Waals surface area contributed by atoms with Gasteiger partial charge >= 0.3 is 6.18 Å². The van der Waals surface area contributed by atoms with Gasteiger partial charge in [-0.15, -0.1) is 0 Å². The molecule has 0 fully saturated rings. The van der Waals surface area contributed by atoms with Crippen LogP contribution in [0.4, 0.5) is 13.2 Å². The fraction of sp³-hybridized carbons (Fsp3) is 0.267. The van der Waals surface area contributed by atoms with E-state index in [9.17, 15) is 18.0 Å². The number of hydrogen-bond acceptors (Lipinski definition) is 1. The van der Waals surface area contributed by atoms with Crippen LogP contribution in [0.1, 0.15) is 32.7 Å². The largest absolute Gasteiger partial charge is 0.416 e. The number of aldehydes is 1. The smallest absolute Gasteiger partial charge is 0.359 e. The van der Waals surface area contributed by atoms with Gasteiger partial charge in [0.15, 0.2) is 6.29 Å². The molecule has 0 atom stereocenters. The van der Waals surface area contributed by atoms with Gasteiger partial charge in [-0.25, -0.2) is 0 Å². The molecule has 20 heavy (non-hydrogen) atoms. The molecule has 0 spiro atoms. The summed E-state index contributed by atoms with van der Waals surface area (Å²) >= 11 is 0. The summed E-state index contributed by atoms with van der Waals surface area (Å²) in [7, 11) is 0. The van der Waals surface area contributed by atoms with Crippen molar-refractivity contribution in [3.63, 3.8) is 0 Å². The number of carbonyl (C=O) groups excluding carboxylic acids is 1. The lowest BCUT2D eigenvalue weighted by molar-refractivity contribution is -0.137. The Balaban J connectivity index is 2.04. The second-order valence-electron chi connectivity index (χ2n) is 4.67. The van der Waals surface area contributed by atoms with Crippen LogP contribution in [0.3, 0.4) is 0 Å². The molecule has 2 nitrogen and oxygen atoms in total. The van der Waals surface area contributed by atoms with Crippen LogP contribution in [0.5, 0.6) is 0 Å². The van der Waals surface area contributed by atoms with Crippen molar-refractivity contribution in [2.45, 2.75) is 25.9 Å². The van der Waals surface area contributed by atoms with Gasteiger partial charge in [-0.05, 0) is 48.6 Å². The highest BCUT2D eigenvalue weighted by molar-refractivity contribution is 5.75. The van der Waals surface area contributed by atoms with Crippen LogP contribution >= 0.6 is 0 Å². The number of benzene rings is 1. The molecule has 1 aromatic carbocycles. The van der Waals surface area contributed by atoms with Crippen LogP contribution in [-0.2, 0) is 19.0 Å². The second-order valence-corrected chi connectivity index (χ2v) is 4.67. The molecule has 2 rings (SSSR count). The number of H-pyrrole nitrogens is 1. The quantitative estimate of drug-likeness (QED) is 0.846. The molecule has 0 aliphatic heterocycles. The summed E-state index contributed by atoms with van der Waals surface area (Å²) in [4.78, 5) is 13.6. The molecule has 1 heterocycles. The molecule has 1 aromatic heterocycles. The third kappa shape index (κ3) is 3.10. The number of aromatic nitrogens is 1. The normalized spacial score (nSPS) is 11.6. The van der Waals surface area contributed by atoms with E-state index >= 15 is 0 Å². The average molecular weight is 281 g/mol. The van der Waals surface area contributed by atoms with Gasteiger partial charge in [0.25, 0.3) is 0 Å². The Morgan fingerprint density at radius 2 is 1.80 bits per heavy atom. The minimum Gasteiger partial charge on any atom is -0.359 e. The third-order valence-corrected chi connectivity index (χ3v) is 3.37. The third-order valence-electron chi connectivity index (χ3n) is 3.37. The molecule has 0 saturated heterocycles. The van der Waals surface area contributed by atoms with E-state index in [0.29, 0.717) is 18.5 Å². The predicted octanol–water partition coefficient (Wildman–Crippen LogP) is 3.94. The highest BCUT2D eigenvalue weighted by Crippen LogP contribution is 2.29. The summed E-state index contributed by atoms with van der Waals surface area (Å²) in [5.74, 6) is 0. The maximum Gasteiger partial charge on any atom is 0.416 e. The number of aromatic amines is 1. The van der Waals surface area contributed by atoms with E-state index in [1.54, 1.807) is 6.20 Å².